The number of methoxy groups -OCH3 is 1. The van der Waals surface area contributed by atoms with E-state index >= 15 is 4.39 Å². The number of ether oxygens (including phenoxy) is 2. The zero-order valence-electron chi connectivity index (χ0n) is 26.0. The summed E-state index contributed by atoms with van der Waals surface area (Å²) in [5.74, 6) is 3.66. The molecule has 234 valence electrons. The number of hydrogen-bond acceptors (Lipinski definition) is 8. The number of aromatic nitrogens is 2. The molecule has 3 aromatic rings. The number of sulfonamides is 1. The van der Waals surface area contributed by atoms with E-state index in [9.17, 15) is 18.0 Å². The van der Waals surface area contributed by atoms with Crippen LogP contribution in [-0.2, 0) is 19.5 Å². The number of alkyl carbamates (subject to hydrolysis) is 1. The zero-order valence-corrected chi connectivity index (χ0v) is 26.8. The van der Waals surface area contributed by atoms with Crippen LogP contribution in [0.4, 0.5) is 15.1 Å². The van der Waals surface area contributed by atoms with Crippen LogP contribution in [0.2, 0.25) is 0 Å². The number of rotatable bonds is 8. The lowest BCUT2D eigenvalue weighted by Crippen LogP contribution is -2.39. The maximum absolute atomic E-state index is 16.1. The van der Waals surface area contributed by atoms with E-state index in [2.05, 4.69) is 36.6 Å². The van der Waals surface area contributed by atoms with E-state index in [0.29, 0.717) is 23.1 Å². The van der Waals surface area contributed by atoms with Crippen molar-refractivity contribution in [2.24, 2.45) is 5.92 Å². The van der Waals surface area contributed by atoms with Gasteiger partial charge in [0.25, 0.3) is 10.0 Å². The van der Waals surface area contributed by atoms with E-state index in [1.54, 1.807) is 46.8 Å². The van der Waals surface area contributed by atoms with Crippen LogP contribution >= 0.6 is 0 Å². The lowest BCUT2D eigenvalue weighted by Gasteiger charge is -2.22. The minimum absolute atomic E-state index is 0.0202. The molecule has 2 N–H and O–H groups in total. The van der Waals surface area contributed by atoms with Crippen LogP contribution in [0.1, 0.15) is 68.2 Å². The van der Waals surface area contributed by atoms with E-state index in [-0.39, 0.29) is 27.8 Å². The van der Waals surface area contributed by atoms with Crippen LogP contribution in [0.3, 0.4) is 0 Å². The van der Waals surface area contributed by atoms with Gasteiger partial charge in [0.15, 0.2) is 11.5 Å². The zero-order chi connectivity index (χ0) is 32.8. The molecule has 0 aliphatic rings. The molecule has 2 aromatic carbocycles. The molecule has 12 heteroatoms. The molecule has 44 heavy (non-hydrogen) atoms. The maximum atomic E-state index is 16.1. The number of carbonyl (C=O) groups excluding carboxylic acids is 2. The van der Waals surface area contributed by atoms with Gasteiger partial charge in [-0.3, -0.25) is 0 Å². The van der Waals surface area contributed by atoms with Gasteiger partial charge in [-0.1, -0.05) is 44.0 Å². The van der Waals surface area contributed by atoms with Crippen molar-refractivity contribution in [3.63, 3.8) is 0 Å². The number of carbonyl (C=O) groups is 2. The molecule has 0 fully saturated rings. The van der Waals surface area contributed by atoms with E-state index in [4.69, 9.17) is 4.74 Å². The van der Waals surface area contributed by atoms with Crippen molar-refractivity contribution in [1.82, 2.24) is 15.3 Å². The highest BCUT2D eigenvalue weighted by Crippen LogP contribution is 2.30. The second-order valence-electron chi connectivity index (χ2n) is 11.5. The standard InChI is InChI=1S/C32H37FN4O6S/c1-19(2)17-23(34-31(39)43-32(5,6)7)15-16-25-27(33)28(26-20(3)11-9-12-21(26)4)36-30(35-25)37-44(40,41)24-14-10-13-22(18-24)29(38)42-8/h9-14,18-19,23H,17H2,1-8H3,(H,34,39)(H,35,36,37)/t23-/m0/s1. The number of anilines is 1. The molecule has 0 radical (unpaired) electrons. The molecule has 1 aromatic heterocycles. The van der Waals surface area contributed by atoms with Crippen LogP contribution in [0, 0.1) is 37.4 Å². The number of nitrogens with one attached hydrogen (secondary N) is 2. The summed E-state index contributed by atoms with van der Waals surface area (Å²) in [7, 11) is -3.15. The van der Waals surface area contributed by atoms with Gasteiger partial charge < -0.3 is 14.8 Å². The fourth-order valence-corrected chi connectivity index (χ4v) is 5.24. The summed E-state index contributed by atoms with van der Waals surface area (Å²) in [5.41, 5.74) is 0.609. The predicted molar refractivity (Wildman–Crippen MR) is 165 cm³/mol. The van der Waals surface area contributed by atoms with Crippen molar-refractivity contribution in [2.45, 2.75) is 71.4 Å². The van der Waals surface area contributed by atoms with E-state index in [0.717, 1.165) is 6.07 Å². The Morgan fingerprint density at radius 1 is 1.05 bits per heavy atom. The molecule has 3 rings (SSSR count). The Hall–Kier alpha value is -4.50. The molecule has 0 saturated heterocycles. The van der Waals surface area contributed by atoms with Gasteiger partial charge in [-0.25, -0.2) is 37.1 Å². The van der Waals surface area contributed by atoms with Gasteiger partial charge in [-0.15, -0.1) is 0 Å². The Balaban J connectivity index is 2.14. The van der Waals surface area contributed by atoms with Gasteiger partial charge in [0.05, 0.1) is 23.6 Å². The summed E-state index contributed by atoms with van der Waals surface area (Å²) in [6.07, 6.45) is -0.252. The quantitative estimate of drug-likeness (QED) is 0.238. The fraction of sp³-hybridized carbons (Fsp3) is 0.375. The molecular formula is C32H37FN4O6S. The normalized spacial score (nSPS) is 12.1. The van der Waals surface area contributed by atoms with Gasteiger partial charge in [-0.05, 0) is 82.2 Å². The Morgan fingerprint density at radius 3 is 2.27 bits per heavy atom. The van der Waals surface area contributed by atoms with Crippen molar-refractivity contribution in [3.05, 3.63) is 70.7 Å². The summed E-state index contributed by atoms with van der Waals surface area (Å²) in [6, 6.07) is 9.87. The summed E-state index contributed by atoms with van der Waals surface area (Å²) < 4.78 is 55.1. The lowest BCUT2D eigenvalue weighted by molar-refractivity contribution is 0.0511. The fourth-order valence-electron chi connectivity index (χ4n) is 4.25. The Labute approximate surface area is 257 Å². The van der Waals surface area contributed by atoms with Crippen LogP contribution in [0.15, 0.2) is 47.4 Å². The highest BCUT2D eigenvalue weighted by Gasteiger charge is 2.24. The number of nitrogens with zero attached hydrogens (tertiary/aromatic N) is 2. The molecular weight excluding hydrogens is 587 g/mol. The van der Waals surface area contributed by atoms with Crippen molar-refractivity contribution in [3.8, 4) is 23.1 Å². The van der Waals surface area contributed by atoms with Crippen molar-refractivity contribution in [2.75, 3.05) is 11.8 Å². The second-order valence-corrected chi connectivity index (χ2v) is 13.2. The lowest BCUT2D eigenvalue weighted by atomic mass is 9.99. The minimum Gasteiger partial charge on any atom is -0.465 e. The molecule has 10 nitrogen and oxygen atoms in total. The van der Waals surface area contributed by atoms with Gasteiger partial charge >= 0.3 is 12.1 Å². The first-order valence-corrected chi connectivity index (χ1v) is 15.4. The number of benzene rings is 2. The maximum Gasteiger partial charge on any atom is 0.408 e. The third-order valence-electron chi connectivity index (χ3n) is 6.12. The predicted octanol–water partition coefficient (Wildman–Crippen LogP) is 5.78. The van der Waals surface area contributed by atoms with Crippen LogP contribution in [-0.4, -0.2) is 49.2 Å². The van der Waals surface area contributed by atoms with Crippen LogP contribution in [0.25, 0.3) is 11.3 Å². The third kappa shape index (κ3) is 9.00. The molecule has 0 spiro atoms. The number of hydrogen-bond donors (Lipinski definition) is 2. The third-order valence-corrected chi connectivity index (χ3v) is 7.45. The number of aryl methyl sites for hydroxylation is 2. The number of amides is 1. The molecule has 0 saturated carbocycles. The van der Waals surface area contributed by atoms with E-state index in [1.165, 1.54) is 25.3 Å². The molecule has 1 heterocycles. The van der Waals surface area contributed by atoms with E-state index in [1.807, 2.05) is 19.9 Å². The van der Waals surface area contributed by atoms with Crippen LogP contribution < -0.4 is 10.0 Å². The topological polar surface area (TPSA) is 137 Å². The first kappa shape index (κ1) is 34.0. The molecule has 0 bridgehead atoms. The SMILES string of the molecule is COC(=O)c1cccc(S(=O)(=O)Nc2nc(C#C[C@@H](CC(C)C)NC(=O)OC(C)(C)C)c(F)c(-c3c(C)cccc3C)n2)c1. The molecule has 1 amide bonds. The van der Waals surface area contributed by atoms with Gasteiger partial charge in [0.2, 0.25) is 5.95 Å². The molecule has 1 atom stereocenters. The van der Waals surface area contributed by atoms with Crippen molar-refractivity contribution >= 4 is 28.0 Å². The smallest absolute Gasteiger partial charge is 0.408 e. The van der Waals surface area contributed by atoms with Crippen molar-refractivity contribution in [1.29, 1.82) is 0 Å². The number of halogens is 1. The molecule has 0 unspecified atom stereocenters. The summed E-state index contributed by atoms with van der Waals surface area (Å²) in [5, 5.41) is 2.70. The summed E-state index contributed by atoms with van der Waals surface area (Å²) >= 11 is 0. The Morgan fingerprint density at radius 2 is 1.68 bits per heavy atom. The Bertz CT molecular complexity index is 1700. The monoisotopic (exact) mass is 624 g/mol. The summed E-state index contributed by atoms with van der Waals surface area (Å²) in [4.78, 5) is 32.5. The summed E-state index contributed by atoms with van der Waals surface area (Å²) in [6.45, 7) is 12.6. The highest BCUT2D eigenvalue weighted by atomic mass is 32.2. The van der Waals surface area contributed by atoms with Crippen LogP contribution in [0.5, 0.6) is 0 Å². The Kier molecular flexibility index (Phi) is 10.7. The van der Waals surface area contributed by atoms with Gasteiger partial charge in [0.1, 0.15) is 11.3 Å². The average molecular weight is 625 g/mol. The van der Waals surface area contributed by atoms with E-state index < -0.39 is 45.5 Å². The molecule has 0 aliphatic carbocycles. The second kappa shape index (κ2) is 13.9. The first-order chi connectivity index (χ1) is 20.5. The van der Waals surface area contributed by atoms with Crippen molar-refractivity contribution < 1.29 is 31.9 Å². The van der Waals surface area contributed by atoms with Gasteiger partial charge in [-0.2, -0.15) is 0 Å². The average Bonchev–Trinajstić information content (AvgIpc) is 2.91. The van der Waals surface area contributed by atoms with Gasteiger partial charge in [0, 0.05) is 5.56 Å². The first-order valence-electron chi connectivity index (χ1n) is 13.9. The highest BCUT2D eigenvalue weighted by molar-refractivity contribution is 7.92. The minimum atomic E-state index is -4.33. The molecule has 0 aliphatic heterocycles. The number of esters is 1. The largest absolute Gasteiger partial charge is 0.465 e.